The van der Waals surface area contributed by atoms with Crippen molar-refractivity contribution in [3.05, 3.63) is 144 Å². The zero-order valence-electron chi connectivity index (χ0n) is 21.5. The Morgan fingerprint density at radius 2 is 1.00 bits per heavy atom. The third-order valence-electron chi connectivity index (χ3n) is 7.32. The van der Waals surface area contributed by atoms with Gasteiger partial charge in [0, 0.05) is 5.92 Å². The van der Waals surface area contributed by atoms with Crippen LogP contribution in [0.1, 0.15) is 42.0 Å². The molecule has 0 amide bonds. The molecular formula is C33H35NO2. The Labute approximate surface area is 215 Å². The minimum atomic E-state index is -0.748. The maximum Gasteiger partial charge on any atom is 0.163 e. The SMILES string of the molecule is CN(C)C(c1ccccc1)(c1ccccc1)[C@@H]1OC(C)(C)O[C@H]1C(c1ccccc1)c1ccccc1. The first-order valence-corrected chi connectivity index (χ1v) is 12.7. The molecule has 3 nitrogen and oxygen atoms in total. The predicted molar refractivity (Wildman–Crippen MR) is 146 cm³/mol. The molecule has 0 N–H and O–H groups in total. The quantitative estimate of drug-likeness (QED) is 0.291. The summed E-state index contributed by atoms with van der Waals surface area (Å²) in [6.45, 7) is 4.06. The van der Waals surface area contributed by atoms with Gasteiger partial charge in [-0.05, 0) is 50.2 Å². The highest BCUT2D eigenvalue weighted by molar-refractivity contribution is 5.43. The highest BCUT2D eigenvalue weighted by Crippen LogP contribution is 2.50. The van der Waals surface area contributed by atoms with E-state index in [-0.39, 0.29) is 18.1 Å². The summed E-state index contributed by atoms with van der Waals surface area (Å²) < 4.78 is 13.8. The van der Waals surface area contributed by atoms with Crippen LogP contribution in [0.3, 0.4) is 0 Å². The number of hydrogen-bond donors (Lipinski definition) is 0. The van der Waals surface area contributed by atoms with Gasteiger partial charge >= 0.3 is 0 Å². The molecule has 36 heavy (non-hydrogen) atoms. The zero-order chi connectivity index (χ0) is 25.2. The summed E-state index contributed by atoms with van der Waals surface area (Å²) in [7, 11) is 4.29. The van der Waals surface area contributed by atoms with Gasteiger partial charge in [-0.3, -0.25) is 4.90 Å². The lowest BCUT2D eigenvalue weighted by Crippen LogP contribution is -2.56. The Balaban J connectivity index is 1.77. The molecular weight excluding hydrogens is 442 g/mol. The van der Waals surface area contributed by atoms with Crippen LogP contribution in [-0.4, -0.2) is 37.0 Å². The molecule has 1 aliphatic heterocycles. The average Bonchev–Trinajstić information content (AvgIpc) is 3.22. The second-order valence-corrected chi connectivity index (χ2v) is 10.2. The second-order valence-electron chi connectivity index (χ2n) is 10.2. The number of rotatable bonds is 7. The molecule has 0 spiro atoms. The Bertz CT molecular complexity index is 1160. The van der Waals surface area contributed by atoms with Crippen LogP contribution in [0.2, 0.25) is 0 Å². The molecule has 0 saturated carbocycles. The summed E-state index contributed by atoms with van der Waals surface area (Å²) in [6, 6.07) is 42.8. The summed E-state index contributed by atoms with van der Waals surface area (Å²) in [5.41, 5.74) is 4.21. The first-order chi connectivity index (χ1) is 17.4. The Kier molecular flexibility index (Phi) is 6.81. The van der Waals surface area contributed by atoms with Crippen LogP contribution in [0, 0.1) is 0 Å². The van der Waals surface area contributed by atoms with Crippen LogP contribution in [0.4, 0.5) is 0 Å². The van der Waals surface area contributed by atoms with E-state index >= 15 is 0 Å². The molecule has 184 valence electrons. The van der Waals surface area contributed by atoms with E-state index in [0.29, 0.717) is 0 Å². The van der Waals surface area contributed by atoms with Gasteiger partial charge in [-0.15, -0.1) is 0 Å². The van der Waals surface area contributed by atoms with Crippen molar-refractivity contribution >= 4 is 0 Å². The molecule has 1 aliphatic rings. The van der Waals surface area contributed by atoms with Crippen LogP contribution >= 0.6 is 0 Å². The molecule has 4 aromatic carbocycles. The van der Waals surface area contributed by atoms with Crippen LogP contribution in [0.25, 0.3) is 0 Å². The fourth-order valence-corrected chi connectivity index (χ4v) is 5.90. The van der Waals surface area contributed by atoms with Gasteiger partial charge in [-0.25, -0.2) is 0 Å². The van der Waals surface area contributed by atoms with Crippen LogP contribution in [0.5, 0.6) is 0 Å². The fourth-order valence-electron chi connectivity index (χ4n) is 5.90. The van der Waals surface area contributed by atoms with E-state index in [0.717, 1.165) is 0 Å². The third kappa shape index (κ3) is 4.39. The molecule has 0 unspecified atom stereocenters. The maximum atomic E-state index is 6.96. The number of likely N-dealkylation sites (N-methyl/N-ethyl adjacent to an activating group) is 1. The monoisotopic (exact) mass is 477 g/mol. The predicted octanol–water partition coefficient (Wildman–Crippen LogP) is 6.84. The minimum absolute atomic E-state index is 0.00840. The third-order valence-corrected chi connectivity index (χ3v) is 7.32. The Morgan fingerprint density at radius 1 is 0.611 bits per heavy atom. The van der Waals surface area contributed by atoms with E-state index in [2.05, 4.69) is 140 Å². The van der Waals surface area contributed by atoms with Gasteiger partial charge in [-0.2, -0.15) is 0 Å². The highest BCUT2D eigenvalue weighted by atomic mass is 16.8. The average molecular weight is 478 g/mol. The number of ether oxygens (including phenoxy) is 2. The van der Waals surface area contributed by atoms with Gasteiger partial charge < -0.3 is 9.47 Å². The van der Waals surface area contributed by atoms with Crippen molar-refractivity contribution in [2.75, 3.05) is 14.1 Å². The number of benzene rings is 4. The summed E-state index contributed by atoms with van der Waals surface area (Å²) in [5.74, 6) is -0.756. The second kappa shape index (κ2) is 10.0. The molecule has 2 atom stereocenters. The fraction of sp³-hybridized carbons (Fsp3) is 0.273. The molecule has 1 saturated heterocycles. The van der Waals surface area contributed by atoms with Gasteiger partial charge in [0.2, 0.25) is 0 Å². The topological polar surface area (TPSA) is 21.7 Å². The number of nitrogens with zero attached hydrogens (tertiary/aromatic N) is 1. The smallest absolute Gasteiger partial charge is 0.163 e. The van der Waals surface area contributed by atoms with Gasteiger partial charge in [0.1, 0.15) is 17.7 Å². The van der Waals surface area contributed by atoms with Crippen molar-refractivity contribution in [2.45, 2.75) is 43.3 Å². The van der Waals surface area contributed by atoms with E-state index in [1.54, 1.807) is 0 Å². The van der Waals surface area contributed by atoms with E-state index in [1.807, 2.05) is 13.8 Å². The van der Waals surface area contributed by atoms with Crippen LogP contribution in [0.15, 0.2) is 121 Å². The van der Waals surface area contributed by atoms with Gasteiger partial charge in [-0.1, -0.05) is 121 Å². The molecule has 3 heteroatoms. The van der Waals surface area contributed by atoms with Crippen molar-refractivity contribution in [1.82, 2.24) is 4.90 Å². The van der Waals surface area contributed by atoms with Crippen molar-refractivity contribution in [1.29, 1.82) is 0 Å². The standard InChI is InChI=1S/C33H35NO2/c1-32(2)35-30(29(25-17-9-5-10-18-25)26-19-11-6-12-20-26)31(36-32)33(34(3)4,27-21-13-7-14-22-27)28-23-15-8-16-24-28/h5-24,29-31H,1-4H3/t30-,31+/m0/s1. The lowest BCUT2D eigenvalue weighted by Gasteiger charge is -2.47. The first kappa shape index (κ1) is 24.5. The molecule has 0 bridgehead atoms. The summed E-state index contributed by atoms with van der Waals surface area (Å²) in [5, 5.41) is 0. The van der Waals surface area contributed by atoms with Crippen LogP contribution < -0.4 is 0 Å². The van der Waals surface area contributed by atoms with Crippen LogP contribution in [-0.2, 0) is 15.0 Å². The molecule has 0 radical (unpaired) electrons. The molecule has 4 aromatic rings. The van der Waals surface area contributed by atoms with Gasteiger partial charge in [0.05, 0.1) is 0 Å². The van der Waals surface area contributed by atoms with Crippen molar-refractivity contribution in [3.8, 4) is 0 Å². The molecule has 0 aliphatic carbocycles. The lowest BCUT2D eigenvalue weighted by molar-refractivity contribution is -0.157. The Morgan fingerprint density at radius 3 is 1.39 bits per heavy atom. The van der Waals surface area contributed by atoms with E-state index in [9.17, 15) is 0 Å². The summed E-state index contributed by atoms with van der Waals surface area (Å²) in [4.78, 5) is 2.30. The first-order valence-electron chi connectivity index (χ1n) is 12.7. The summed E-state index contributed by atoms with van der Waals surface area (Å²) in [6.07, 6.45) is -0.537. The zero-order valence-corrected chi connectivity index (χ0v) is 21.5. The van der Waals surface area contributed by atoms with Crippen molar-refractivity contribution < 1.29 is 9.47 Å². The molecule has 0 aromatic heterocycles. The van der Waals surface area contributed by atoms with E-state index in [4.69, 9.17) is 9.47 Å². The van der Waals surface area contributed by atoms with Gasteiger partial charge in [0.25, 0.3) is 0 Å². The molecule has 1 heterocycles. The molecule has 5 rings (SSSR count). The van der Waals surface area contributed by atoms with Gasteiger partial charge in [0.15, 0.2) is 5.79 Å². The molecule has 1 fully saturated rings. The summed E-state index contributed by atoms with van der Waals surface area (Å²) >= 11 is 0. The van der Waals surface area contributed by atoms with E-state index in [1.165, 1.54) is 22.3 Å². The normalized spacial score (nSPS) is 19.6. The Hall–Kier alpha value is -3.24. The lowest BCUT2D eigenvalue weighted by atomic mass is 9.71. The van der Waals surface area contributed by atoms with Crippen molar-refractivity contribution in [3.63, 3.8) is 0 Å². The van der Waals surface area contributed by atoms with Crippen molar-refractivity contribution in [2.24, 2.45) is 0 Å². The number of hydrogen-bond acceptors (Lipinski definition) is 3. The highest BCUT2D eigenvalue weighted by Gasteiger charge is 2.57. The largest absolute Gasteiger partial charge is 0.343 e. The van der Waals surface area contributed by atoms with E-state index < -0.39 is 11.3 Å². The minimum Gasteiger partial charge on any atom is -0.343 e. The maximum absolute atomic E-state index is 6.96.